The Morgan fingerprint density at radius 2 is 1.83 bits per heavy atom. The summed E-state index contributed by atoms with van der Waals surface area (Å²) in [4.78, 5) is 42.7. The lowest BCUT2D eigenvalue weighted by molar-refractivity contribution is -0.141. The number of ether oxygens (including phenoxy) is 2. The van der Waals surface area contributed by atoms with Crippen molar-refractivity contribution in [3.05, 3.63) is 77.7 Å². The Labute approximate surface area is 238 Å². The summed E-state index contributed by atoms with van der Waals surface area (Å²) in [6, 6.07) is 9.98. The van der Waals surface area contributed by atoms with Crippen molar-refractivity contribution in [2.24, 2.45) is 5.41 Å². The normalized spacial score (nSPS) is 19.4. The molecule has 4 atom stereocenters. The summed E-state index contributed by atoms with van der Waals surface area (Å²) in [6.45, 7) is 7.56. The zero-order valence-electron chi connectivity index (χ0n) is 23.8. The zero-order chi connectivity index (χ0) is 29.9. The van der Waals surface area contributed by atoms with Crippen molar-refractivity contribution < 1.29 is 32.6 Å². The van der Waals surface area contributed by atoms with Gasteiger partial charge in [0.25, 0.3) is 0 Å². The van der Waals surface area contributed by atoms with Gasteiger partial charge >= 0.3 is 6.09 Å². The van der Waals surface area contributed by atoms with Crippen molar-refractivity contribution >= 4 is 17.9 Å². The summed E-state index contributed by atoms with van der Waals surface area (Å²) in [7, 11) is 1.47. The largest absolute Gasteiger partial charge is 0.458 e. The number of fused-ring (bicyclic) bond motifs is 1. The average Bonchev–Trinajstić information content (AvgIpc) is 3.54. The van der Waals surface area contributed by atoms with Crippen LogP contribution in [0.15, 0.2) is 60.5 Å². The highest BCUT2D eigenvalue weighted by Crippen LogP contribution is 2.33. The second-order valence-electron chi connectivity index (χ2n) is 11.4. The van der Waals surface area contributed by atoms with Crippen molar-refractivity contribution in [1.82, 2.24) is 20.4 Å². The number of halogens is 2. The summed E-state index contributed by atoms with van der Waals surface area (Å²) >= 11 is 0. The molecular weight excluding hydrogens is 534 g/mol. The maximum absolute atomic E-state index is 13.9. The monoisotopic (exact) mass is 570 g/mol. The van der Waals surface area contributed by atoms with E-state index in [0.717, 1.165) is 17.7 Å². The Bertz CT molecular complexity index is 1310. The number of likely N-dealkylation sites (N-methyl/N-ethyl adjacent to an activating group) is 1. The van der Waals surface area contributed by atoms with E-state index in [-0.39, 0.29) is 24.3 Å². The van der Waals surface area contributed by atoms with E-state index in [9.17, 15) is 23.2 Å². The van der Waals surface area contributed by atoms with Gasteiger partial charge in [-0.25, -0.2) is 13.6 Å². The highest BCUT2D eigenvalue weighted by Gasteiger charge is 2.47. The van der Waals surface area contributed by atoms with E-state index in [4.69, 9.17) is 9.47 Å². The van der Waals surface area contributed by atoms with Gasteiger partial charge in [0.15, 0.2) is 11.6 Å². The number of benzene rings is 2. The molecule has 1 fully saturated rings. The van der Waals surface area contributed by atoms with Gasteiger partial charge in [-0.05, 0) is 36.5 Å². The smallest absolute Gasteiger partial charge is 0.410 e. The van der Waals surface area contributed by atoms with Crippen molar-refractivity contribution in [2.45, 2.75) is 64.9 Å². The molecule has 0 bridgehead atoms. The number of amides is 3. The van der Waals surface area contributed by atoms with Crippen LogP contribution in [-0.2, 0) is 20.9 Å². The fourth-order valence-corrected chi connectivity index (χ4v) is 4.84. The molecule has 2 aliphatic rings. The Hall–Kier alpha value is -4.15. The standard InChI is InChI=1S/C30H36F2N4O5/c1-18(35(5)29(39)40-17-19-9-7-6-8-10-19)27(37)34-26(30(2,3)4)28(38)36-14-13-23-25(36)24(16-33-23)41-20-11-12-21(31)22(32)15-20/h6-12,15-16,18,23,25-26,33H,13-14,17H2,1-5H3,(H,34,37). The first-order valence-electron chi connectivity index (χ1n) is 13.5. The second-order valence-corrected chi connectivity index (χ2v) is 11.4. The number of rotatable bonds is 8. The second kappa shape index (κ2) is 12.2. The van der Waals surface area contributed by atoms with Crippen LogP contribution in [0, 0.1) is 17.0 Å². The van der Waals surface area contributed by atoms with E-state index in [0.29, 0.717) is 18.7 Å². The lowest BCUT2D eigenvalue weighted by Gasteiger charge is -2.37. The van der Waals surface area contributed by atoms with E-state index >= 15 is 0 Å². The molecule has 3 amide bonds. The molecule has 2 aromatic carbocycles. The van der Waals surface area contributed by atoms with E-state index < -0.39 is 47.2 Å². The van der Waals surface area contributed by atoms with Crippen molar-refractivity contribution in [1.29, 1.82) is 0 Å². The van der Waals surface area contributed by atoms with Crippen LogP contribution in [0.5, 0.6) is 5.75 Å². The quantitative estimate of drug-likeness (QED) is 0.499. The molecule has 11 heteroatoms. The van der Waals surface area contributed by atoms with Gasteiger partial charge < -0.3 is 25.0 Å². The minimum atomic E-state index is -1.04. The van der Waals surface area contributed by atoms with Crippen LogP contribution in [0.25, 0.3) is 0 Å². The fourth-order valence-electron chi connectivity index (χ4n) is 4.84. The molecule has 4 rings (SSSR count). The fraction of sp³-hybridized carbons (Fsp3) is 0.433. The first-order valence-corrected chi connectivity index (χ1v) is 13.5. The SMILES string of the molecule is CC(C(=O)NC(C(=O)N1CCC2NC=C(Oc3ccc(F)c(F)c3)C21)C(C)(C)C)N(C)C(=O)OCc1ccccc1. The molecule has 0 spiro atoms. The first-order chi connectivity index (χ1) is 19.4. The van der Waals surface area contributed by atoms with Crippen LogP contribution in [0.1, 0.15) is 39.7 Å². The number of hydrogen-bond donors (Lipinski definition) is 2. The maximum Gasteiger partial charge on any atom is 0.410 e. The number of likely N-dealkylation sites (tertiary alicyclic amines) is 1. The highest BCUT2D eigenvalue weighted by atomic mass is 19.2. The van der Waals surface area contributed by atoms with Crippen LogP contribution in [0.4, 0.5) is 13.6 Å². The zero-order valence-corrected chi connectivity index (χ0v) is 23.8. The molecule has 2 N–H and O–H groups in total. The van der Waals surface area contributed by atoms with Gasteiger partial charge in [0.05, 0.1) is 6.04 Å². The van der Waals surface area contributed by atoms with Gasteiger partial charge in [0, 0.05) is 25.9 Å². The Morgan fingerprint density at radius 3 is 2.49 bits per heavy atom. The summed E-state index contributed by atoms with van der Waals surface area (Å²) in [5.74, 6) is -2.36. The maximum atomic E-state index is 13.9. The molecule has 0 aromatic heterocycles. The number of nitrogens with zero attached hydrogens (tertiary/aromatic N) is 2. The summed E-state index contributed by atoms with van der Waals surface area (Å²) in [6.07, 6.45) is 1.59. The number of carbonyl (C=O) groups is 3. The molecular formula is C30H36F2N4O5. The van der Waals surface area contributed by atoms with Gasteiger partial charge in [-0.1, -0.05) is 51.1 Å². The highest BCUT2D eigenvalue weighted by molar-refractivity contribution is 5.92. The third-order valence-corrected chi connectivity index (χ3v) is 7.39. The molecule has 220 valence electrons. The van der Waals surface area contributed by atoms with Crippen LogP contribution >= 0.6 is 0 Å². The molecule has 2 aliphatic heterocycles. The Balaban J connectivity index is 1.43. The summed E-state index contributed by atoms with van der Waals surface area (Å²) < 4.78 is 38.3. The minimum absolute atomic E-state index is 0.0650. The van der Waals surface area contributed by atoms with Crippen LogP contribution in [0.2, 0.25) is 0 Å². The topological polar surface area (TPSA) is 100 Å². The molecule has 41 heavy (non-hydrogen) atoms. The van der Waals surface area contributed by atoms with Gasteiger partial charge in [-0.15, -0.1) is 0 Å². The van der Waals surface area contributed by atoms with Crippen LogP contribution in [0.3, 0.4) is 0 Å². The lowest BCUT2D eigenvalue weighted by atomic mass is 9.85. The third-order valence-electron chi connectivity index (χ3n) is 7.39. The predicted molar refractivity (Wildman–Crippen MR) is 147 cm³/mol. The molecule has 0 aliphatic carbocycles. The molecule has 2 heterocycles. The van der Waals surface area contributed by atoms with E-state index in [1.807, 2.05) is 51.1 Å². The van der Waals surface area contributed by atoms with E-state index in [1.54, 1.807) is 18.0 Å². The van der Waals surface area contributed by atoms with E-state index in [1.165, 1.54) is 18.0 Å². The Morgan fingerprint density at radius 1 is 1.12 bits per heavy atom. The number of hydrogen-bond acceptors (Lipinski definition) is 6. The number of carbonyl (C=O) groups excluding carboxylic acids is 3. The first kappa shape index (κ1) is 29.8. The lowest BCUT2D eigenvalue weighted by Crippen LogP contribution is -2.59. The molecule has 9 nitrogen and oxygen atoms in total. The van der Waals surface area contributed by atoms with Crippen molar-refractivity contribution in [3.8, 4) is 5.75 Å². The predicted octanol–water partition coefficient (Wildman–Crippen LogP) is 3.95. The van der Waals surface area contributed by atoms with Crippen molar-refractivity contribution in [3.63, 3.8) is 0 Å². The third kappa shape index (κ3) is 6.78. The number of nitrogens with one attached hydrogen (secondary N) is 2. The van der Waals surface area contributed by atoms with Crippen LogP contribution < -0.4 is 15.4 Å². The minimum Gasteiger partial charge on any atom is -0.458 e. The van der Waals surface area contributed by atoms with Gasteiger partial charge in [-0.2, -0.15) is 0 Å². The molecule has 0 radical (unpaired) electrons. The van der Waals surface area contributed by atoms with Crippen LogP contribution in [-0.4, -0.2) is 65.5 Å². The van der Waals surface area contributed by atoms with E-state index in [2.05, 4.69) is 10.6 Å². The molecule has 1 saturated heterocycles. The molecule has 4 unspecified atom stereocenters. The van der Waals surface area contributed by atoms with Gasteiger partial charge in [0.2, 0.25) is 11.8 Å². The molecule has 0 saturated carbocycles. The van der Waals surface area contributed by atoms with Gasteiger partial charge in [-0.3, -0.25) is 14.5 Å². The van der Waals surface area contributed by atoms with Crippen molar-refractivity contribution in [2.75, 3.05) is 13.6 Å². The Kier molecular flexibility index (Phi) is 8.84. The molecule has 2 aromatic rings. The summed E-state index contributed by atoms with van der Waals surface area (Å²) in [5.41, 5.74) is 0.144. The average molecular weight is 571 g/mol. The van der Waals surface area contributed by atoms with Gasteiger partial charge in [0.1, 0.15) is 36.2 Å². The summed E-state index contributed by atoms with van der Waals surface area (Å²) in [5, 5.41) is 6.04.